The minimum atomic E-state index is -0.713. The average molecular weight is 349 g/mol. The Balaban J connectivity index is 1.44. The van der Waals surface area contributed by atoms with E-state index in [0.29, 0.717) is 12.8 Å². The monoisotopic (exact) mass is 349 g/mol. The summed E-state index contributed by atoms with van der Waals surface area (Å²) in [6, 6.07) is 0. The largest absolute Gasteiger partial charge is 0.317 e. The average Bonchev–Trinajstić information content (AvgIpc) is 2.92. The van der Waals surface area contributed by atoms with Crippen LogP contribution in [0.5, 0.6) is 0 Å². The van der Waals surface area contributed by atoms with Gasteiger partial charge in [-0.25, -0.2) is 4.39 Å². The third-order valence-corrected chi connectivity index (χ3v) is 7.06. The molecule has 3 aliphatic heterocycles. The van der Waals surface area contributed by atoms with Gasteiger partial charge in [0.1, 0.15) is 6.17 Å². The highest BCUT2D eigenvalue weighted by Gasteiger charge is 2.48. The van der Waals surface area contributed by atoms with Crippen LogP contribution in [0, 0.1) is 11.3 Å². The van der Waals surface area contributed by atoms with Gasteiger partial charge in [0, 0.05) is 37.5 Å². The molecule has 1 unspecified atom stereocenters. The Kier molecular flexibility index (Phi) is 4.89. The molecule has 0 aromatic carbocycles. The number of nitrogens with one attached hydrogen (secondary N) is 1. The van der Waals surface area contributed by atoms with E-state index in [2.05, 4.69) is 10.2 Å². The third kappa shape index (κ3) is 3.37. The molecule has 1 aliphatic carbocycles. The van der Waals surface area contributed by atoms with Crippen molar-refractivity contribution < 1.29 is 9.18 Å². The first-order valence-electron chi connectivity index (χ1n) is 10.2. The van der Waals surface area contributed by atoms with Crippen LogP contribution in [-0.2, 0) is 4.79 Å². The summed E-state index contributed by atoms with van der Waals surface area (Å²) in [5.41, 5.74) is 2.53. The van der Waals surface area contributed by atoms with Crippen LogP contribution in [0.2, 0.25) is 0 Å². The van der Waals surface area contributed by atoms with Crippen LogP contribution < -0.4 is 5.32 Å². The van der Waals surface area contributed by atoms with E-state index in [9.17, 15) is 9.18 Å². The highest BCUT2D eigenvalue weighted by atomic mass is 19.1. The van der Waals surface area contributed by atoms with E-state index in [4.69, 9.17) is 0 Å². The van der Waals surface area contributed by atoms with Crippen LogP contribution in [0.3, 0.4) is 0 Å². The SMILES string of the molecule is CC(=O)N1CC2(CCN(CC3CCNCC3)CC2)C2=C1CCC(F)C2. The molecular formula is C20H32FN3O. The Bertz CT molecular complexity index is 547. The van der Waals surface area contributed by atoms with Gasteiger partial charge in [0.15, 0.2) is 0 Å². The van der Waals surface area contributed by atoms with Crippen LogP contribution in [0.15, 0.2) is 11.3 Å². The molecule has 1 N–H and O–H groups in total. The van der Waals surface area contributed by atoms with Crippen molar-refractivity contribution in [2.24, 2.45) is 11.3 Å². The fourth-order valence-corrected chi connectivity index (χ4v) is 5.55. The molecule has 0 saturated carbocycles. The predicted molar refractivity (Wildman–Crippen MR) is 96.9 cm³/mol. The molecule has 1 spiro atoms. The molecule has 4 aliphatic rings. The minimum absolute atomic E-state index is 0.0659. The fourth-order valence-electron chi connectivity index (χ4n) is 5.55. The van der Waals surface area contributed by atoms with Gasteiger partial charge in [-0.3, -0.25) is 4.79 Å². The lowest BCUT2D eigenvalue weighted by atomic mass is 9.70. The maximum absolute atomic E-state index is 14.1. The molecule has 4 nitrogen and oxygen atoms in total. The zero-order chi connectivity index (χ0) is 17.4. The second kappa shape index (κ2) is 6.99. The van der Waals surface area contributed by atoms with E-state index in [-0.39, 0.29) is 11.3 Å². The van der Waals surface area contributed by atoms with Gasteiger partial charge >= 0.3 is 0 Å². The molecule has 140 valence electrons. The van der Waals surface area contributed by atoms with Crippen molar-refractivity contribution in [1.82, 2.24) is 15.1 Å². The molecule has 3 heterocycles. The summed E-state index contributed by atoms with van der Waals surface area (Å²) in [7, 11) is 0. The second-order valence-corrected chi connectivity index (χ2v) is 8.64. The number of amides is 1. The Morgan fingerprint density at radius 2 is 1.96 bits per heavy atom. The van der Waals surface area contributed by atoms with Crippen LogP contribution in [0.25, 0.3) is 0 Å². The van der Waals surface area contributed by atoms with Crippen molar-refractivity contribution in [3.63, 3.8) is 0 Å². The molecular weight excluding hydrogens is 317 g/mol. The van der Waals surface area contributed by atoms with Gasteiger partial charge in [0.25, 0.3) is 0 Å². The first-order valence-corrected chi connectivity index (χ1v) is 10.2. The zero-order valence-electron chi connectivity index (χ0n) is 15.5. The fraction of sp³-hybridized carbons (Fsp3) is 0.850. The van der Waals surface area contributed by atoms with Gasteiger partial charge in [-0.05, 0) is 76.2 Å². The van der Waals surface area contributed by atoms with Gasteiger partial charge < -0.3 is 15.1 Å². The molecule has 2 saturated heterocycles. The van der Waals surface area contributed by atoms with E-state index in [1.807, 2.05) is 4.90 Å². The van der Waals surface area contributed by atoms with Crippen molar-refractivity contribution in [3.8, 4) is 0 Å². The Morgan fingerprint density at radius 3 is 2.64 bits per heavy atom. The molecule has 4 rings (SSSR count). The Hall–Kier alpha value is -0.940. The quantitative estimate of drug-likeness (QED) is 0.833. The number of carbonyl (C=O) groups excluding carboxylic acids is 1. The van der Waals surface area contributed by atoms with Crippen LogP contribution >= 0.6 is 0 Å². The van der Waals surface area contributed by atoms with Gasteiger partial charge in [0.05, 0.1) is 0 Å². The summed E-state index contributed by atoms with van der Waals surface area (Å²) in [5.74, 6) is 0.964. The predicted octanol–water partition coefficient (Wildman–Crippen LogP) is 2.71. The molecule has 0 aromatic heterocycles. The first-order chi connectivity index (χ1) is 12.1. The first kappa shape index (κ1) is 17.5. The Labute approximate surface area is 150 Å². The smallest absolute Gasteiger partial charge is 0.223 e. The number of allylic oxidation sites excluding steroid dienone is 1. The lowest BCUT2D eigenvalue weighted by Gasteiger charge is -2.43. The van der Waals surface area contributed by atoms with Crippen LogP contribution in [-0.4, -0.2) is 61.1 Å². The van der Waals surface area contributed by atoms with Crippen molar-refractivity contribution in [2.45, 2.75) is 58.0 Å². The summed E-state index contributed by atoms with van der Waals surface area (Å²) in [6.07, 6.45) is 5.94. The molecule has 0 aromatic rings. The van der Waals surface area contributed by atoms with Gasteiger partial charge in [0.2, 0.25) is 5.91 Å². The number of nitrogens with zero attached hydrogens (tertiary/aromatic N) is 2. The number of hydrogen-bond donors (Lipinski definition) is 1. The maximum Gasteiger partial charge on any atom is 0.223 e. The van der Waals surface area contributed by atoms with Crippen molar-refractivity contribution in [1.29, 1.82) is 0 Å². The number of hydrogen-bond acceptors (Lipinski definition) is 3. The summed E-state index contributed by atoms with van der Waals surface area (Å²) in [6.45, 7) is 8.20. The van der Waals surface area contributed by atoms with E-state index >= 15 is 0 Å². The van der Waals surface area contributed by atoms with E-state index in [1.165, 1.54) is 30.7 Å². The normalized spacial score (nSPS) is 30.8. The number of fused-ring (bicyclic) bond motifs is 1. The number of alkyl halides is 1. The number of rotatable bonds is 2. The molecule has 5 heteroatoms. The standard InChI is InChI=1S/C20H32FN3O/c1-15(25)24-14-20(18-12-17(21)2-3-19(18)24)6-10-23(11-7-20)13-16-4-8-22-9-5-16/h16-17,22H,2-14H2,1H3. The van der Waals surface area contributed by atoms with Gasteiger partial charge in [-0.1, -0.05) is 0 Å². The molecule has 0 radical (unpaired) electrons. The molecule has 2 fully saturated rings. The molecule has 0 bridgehead atoms. The molecule has 1 atom stereocenters. The van der Waals surface area contributed by atoms with E-state index in [0.717, 1.165) is 57.9 Å². The minimum Gasteiger partial charge on any atom is -0.317 e. The number of piperidine rings is 2. The van der Waals surface area contributed by atoms with Crippen molar-refractivity contribution in [2.75, 3.05) is 39.3 Å². The number of likely N-dealkylation sites (tertiary alicyclic amines) is 1. The Morgan fingerprint density at radius 1 is 1.24 bits per heavy atom. The topological polar surface area (TPSA) is 35.6 Å². The van der Waals surface area contributed by atoms with Crippen molar-refractivity contribution >= 4 is 5.91 Å². The lowest BCUT2D eigenvalue weighted by molar-refractivity contribution is -0.127. The summed E-state index contributed by atoms with van der Waals surface area (Å²) in [4.78, 5) is 16.7. The second-order valence-electron chi connectivity index (χ2n) is 8.64. The van der Waals surface area contributed by atoms with Crippen LogP contribution in [0.1, 0.15) is 51.9 Å². The highest BCUT2D eigenvalue weighted by Crippen LogP contribution is 2.52. The highest BCUT2D eigenvalue weighted by molar-refractivity contribution is 5.76. The third-order valence-electron chi connectivity index (χ3n) is 7.06. The van der Waals surface area contributed by atoms with E-state index < -0.39 is 6.17 Å². The summed E-state index contributed by atoms with van der Waals surface area (Å²) < 4.78 is 14.1. The summed E-state index contributed by atoms with van der Waals surface area (Å²) >= 11 is 0. The lowest BCUT2D eigenvalue weighted by Crippen LogP contribution is -2.46. The van der Waals surface area contributed by atoms with E-state index in [1.54, 1.807) is 6.92 Å². The van der Waals surface area contributed by atoms with Gasteiger partial charge in [-0.2, -0.15) is 0 Å². The van der Waals surface area contributed by atoms with Crippen LogP contribution in [0.4, 0.5) is 4.39 Å². The van der Waals surface area contributed by atoms with Gasteiger partial charge in [-0.15, -0.1) is 0 Å². The maximum atomic E-state index is 14.1. The molecule has 25 heavy (non-hydrogen) atoms. The zero-order valence-corrected chi connectivity index (χ0v) is 15.5. The number of carbonyl (C=O) groups is 1. The number of halogens is 1. The summed E-state index contributed by atoms with van der Waals surface area (Å²) in [5, 5.41) is 3.44. The van der Waals surface area contributed by atoms with Crippen molar-refractivity contribution in [3.05, 3.63) is 11.3 Å². The molecule has 1 amide bonds.